The minimum atomic E-state index is -3.71. The van der Waals surface area contributed by atoms with Crippen LogP contribution in [0.15, 0.2) is 18.2 Å². The van der Waals surface area contributed by atoms with E-state index >= 15 is 0 Å². The van der Waals surface area contributed by atoms with Crippen molar-refractivity contribution < 1.29 is 22.7 Å². The van der Waals surface area contributed by atoms with Gasteiger partial charge in [0, 0.05) is 29.6 Å². The van der Waals surface area contributed by atoms with Gasteiger partial charge in [0.05, 0.1) is 29.7 Å². The van der Waals surface area contributed by atoms with Gasteiger partial charge < -0.3 is 9.64 Å². The van der Waals surface area contributed by atoms with Crippen LogP contribution in [0.1, 0.15) is 22.3 Å². The average molecular weight is 357 g/mol. The number of rotatable bonds is 4. The molecule has 1 amide bonds. The summed E-state index contributed by atoms with van der Waals surface area (Å²) < 4.78 is 26.9. The van der Waals surface area contributed by atoms with Gasteiger partial charge in [-0.2, -0.15) is 5.26 Å². The lowest BCUT2D eigenvalue weighted by atomic mass is 10.1. The standard InChI is InChI=1S/C14H13ClN2O5S/c1-22-14(19)10-2-3-12(11(5-10)6-16)17-7-9(4-13(17)18)8-23(15,20)21/h2-3,5,9H,4,7-8H2,1H3. The first-order valence-electron chi connectivity index (χ1n) is 6.60. The predicted molar refractivity (Wildman–Crippen MR) is 82.6 cm³/mol. The number of anilines is 1. The summed E-state index contributed by atoms with van der Waals surface area (Å²) in [5, 5.41) is 9.24. The van der Waals surface area contributed by atoms with Crippen LogP contribution in [0, 0.1) is 17.2 Å². The molecular weight excluding hydrogens is 344 g/mol. The third kappa shape index (κ3) is 4.00. The van der Waals surface area contributed by atoms with Crippen LogP contribution in [0.25, 0.3) is 0 Å². The Hall–Kier alpha value is -2.11. The number of nitriles is 1. The molecule has 1 aliphatic heterocycles. The number of benzene rings is 1. The summed E-state index contributed by atoms with van der Waals surface area (Å²) in [6.07, 6.45) is 0.0373. The molecule has 1 heterocycles. The fraction of sp³-hybridized carbons (Fsp3) is 0.357. The van der Waals surface area contributed by atoms with Crippen LogP contribution in [0.2, 0.25) is 0 Å². The zero-order valence-corrected chi connectivity index (χ0v) is 13.7. The third-order valence-electron chi connectivity index (χ3n) is 3.47. The maximum atomic E-state index is 12.1. The van der Waals surface area contributed by atoms with Gasteiger partial charge in [0.25, 0.3) is 0 Å². The molecule has 0 aromatic heterocycles. The highest BCUT2D eigenvalue weighted by molar-refractivity contribution is 8.13. The highest BCUT2D eigenvalue weighted by Crippen LogP contribution is 2.29. The second-order valence-electron chi connectivity index (χ2n) is 5.12. The monoisotopic (exact) mass is 356 g/mol. The topological polar surface area (TPSA) is 105 Å². The van der Waals surface area contributed by atoms with Gasteiger partial charge in [-0.3, -0.25) is 4.79 Å². The molecule has 0 aliphatic carbocycles. The molecule has 1 saturated heterocycles. The van der Waals surface area contributed by atoms with Crippen molar-refractivity contribution >= 4 is 37.3 Å². The molecule has 0 N–H and O–H groups in total. The zero-order chi connectivity index (χ0) is 17.2. The van der Waals surface area contributed by atoms with Crippen LogP contribution in [0.4, 0.5) is 5.69 Å². The summed E-state index contributed by atoms with van der Waals surface area (Å²) in [6.45, 7) is 0.150. The van der Waals surface area contributed by atoms with Gasteiger partial charge in [-0.05, 0) is 18.2 Å². The van der Waals surface area contributed by atoms with Crippen molar-refractivity contribution in [2.24, 2.45) is 5.92 Å². The van der Waals surface area contributed by atoms with Crippen molar-refractivity contribution in [3.05, 3.63) is 29.3 Å². The predicted octanol–water partition coefficient (Wildman–Crippen LogP) is 1.27. The van der Waals surface area contributed by atoms with E-state index in [1.54, 1.807) is 0 Å². The van der Waals surface area contributed by atoms with Crippen molar-refractivity contribution in [3.63, 3.8) is 0 Å². The van der Waals surface area contributed by atoms with Crippen molar-refractivity contribution in [2.45, 2.75) is 6.42 Å². The number of carbonyl (C=O) groups is 2. The van der Waals surface area contributed by atoms with Crippen LogP contribution in [0.5, 0.6) is 0 Å². The Kier molecular flexibility index (Phi) is 4.92. The smallest absolute Gasteiger partial charge is 0.337 e. The molecule has 0 spiro atoms. The Morgan fingerprint density at radius 2 is 2.22 bits per heavy atom. The fourth-order valence-corrected chi connectivity index (χ4v) is 3.83. The lowest BCUT2D eigenvalue weighted by Gasteiger charge is -2.18. The summed E-state index contributed by atoms with van der Waals surface area (Å²) in [4.78, 5) is 24.9. The van der Waals surface area contributed by atoms with Gasteiger partial charge in [-0.15, -0.1) is 0 Å². The van der Waals surface area contributed by atoms with Crippen molar-refractivity contribution in [3.8, 4) is 6.07 Å². The first kappa shape index (κ1) is 17.2. The number of hydrogen-bond donors (Lipinski definition) is 0. The van der Waals surface area contributed by atoms with E-state index in [0.29, 0.717) is 5.69 Å². The Morgan fingerprint density at radius 3 is 2.78 bits per heavy atom. The van der Waals surface area contributed by atoms with E-state index in [4.69, 9.17) is 10.7 Å². The molecule has 0 radical (unpaired) electrons. The molecule has 1 aliphatic rings. The Morgan fingerprint density at radius 1 is 1.52 bits per heavy atom. The van der Waals surface area contributed by atoms with Gasteiger partial charge in [-0.25, -0.2) is 13.2 Å². The molecule has 0 bridgehead atoms. The van der Waals surface area contributed by atoms with Gasteiger partial charge in [0.1, 0.15) is 6.07 Å². The SMILES string of the molecule is COC(=O)c1ccc(N2CC(CS(=O)(=O)Cl)CC2=O)c(C#N)c1. The molecule has 9 heteroatoms. The van der Waals surface area contributed by atoms with E-state index in [1.165, 1.54) is 30.2 Å². The third-order valence-corrected chi connectivity index (χ3v) is 4.72. The zero-order valence-electron chi connectivity index (χ0n) is 12.2. The maximum absolute atomic E-state index is 12.1. The average Bonchev–Trinajstić information content (AvgIpc) is 2.83. The molecule has 1 aromatic rings. The first-order valence-corrected chi connectivity index (χ1v) is 9.08. The molecule has 1 fully saturated rings. The van der Waals surface area contributed by atoms with E-state index in [1.807, 2.05) is 6.07 Å². The highest BCUT2D eigenvalue weighted by atomic mass is 35.7. The number of carbonyl (C=O) groups excluding carboxylic acids is 2. The molecule has 1 aromatic carbocycles. The van der Waals surface area contributed by atoms with Gasteiger partial charge in [0.2, 0.25) is 15.0 Å². The number of esters is 1. The fourth-order valence-electron chi connectivity index (χ4n) is 2.51. The van der Waals surface area contributed by atoms with Crippen molar-refractivity contribution in [2.75, 3.05) is 24.3 Å². The number of amides is 1. The van der Waals surface area contributed by atoms with E-state index in [0.717, 1.165) is 0 Å². The van der Waals surface area contributed by atoms with E-state index in [-0.39, 0.29) is 35.8 Å². The van der Waals surface area contributed by atoms with Crippen LogP contribution < -0.4 is 4.90 Å². The van der Waals surface area contributed by atoms with Gasteiger partial charge in [0.15, 0.2) is 0 Å². The van der Waals surface area contributed by atoms with Gasteiger partial charge >= 0.3 is 5.97 Å². The van der Waals surface area contributed by atoms with E-state index in [2.05, 4.69) is 4.74 Å². The molecule has 1 unspecified atom stereocenters. The number of methoxy groups -OCH3 is 1. The number of halogens is 1. The first-order chi connectivity index (χ1) is 10.7. The Balaban J connectivity index is 2.30. The van der Waals surface area contributed by atoms with E-state index in [9.17, 15) is 23.3 Å². The highest BCUT2D eigenvalue weighted by Gasteiger charge is 2.34. The van der Waals surface area contributed by atoms with Crippen LogP contribution >= 0.6 is 10.7 Å². The lowest BCUT2D eigenvalue weighted by Crippen LogP contribution is -2.26. The molecule has 7 nitrogen and oxygen atoms in total. The Bertz CT molecular complexity index is 800. The van der Waals surface area contributed by atoms with Crippen LogP contribution in [-0.2, 0) is 18.6 Å². The molecule has 23 heavy (non-hydrogen) atoms. The van der Waals surface area contributed by atoms with E-state index < -0.39 is 20.9 Å². The molecule has 2 rings (SSSR count). The summed E-state index contributed by atoms with van der Waals surface area (Å²) in [7, 11) is 2.74. The minimum Gasteiger partial charge on any atom is -0.465 e. The number of ether oxygens (including phenoxy) is 1. The normalized spacial score (nSPS) is 17.9. The summed E-state index contributed by atoms with van der Waals surface area (Å²) in [6, 6.07) is 6.18. The second kappa shape index (κ2) is 6.56. The molecule has 0 saturated carbocycles. The van der Waals surface area contributed by atoms with Crippen molar-refractivity contribution in [1.82, 2.24) is 0 Å². The number of nitrogens with zero attached hydrogens (tertiary/aromatic N) is 2. The molecular formula is C14H13ClN2O5S. The van der Waals surface area contributed by atoms with Crippen LogP contribution in [0.3, 0.4) is 0 Å². The minimum absolute atomic E-state index is 0.0373. The summed E-state index contributed by atoms with van der Waals surface area (Å²) >= 11 is 0. The second-order valence-corrected chi connectivity index (χ2v) is 7.94. The summed E-state index contributed by atoms with van der Waals surface area (Å²) in [5.74, 6) is -1.62. The molecule has 122 valence electrons. The van der Waals surface area contributed by atoms with Crippen LogP contribution in [-0.4, -0.2) is 39.7 Å². The molecule has 1 atom stereocenters. The quantitative estimate of drug-likeness (QED) is 0.594. The maximum Gasteiger partial charge on any atom is 0.337 e. The summed E-state index contributed by atoms with van der Waals surface area (Å²) in [5.41, 5.74) is 0.662. The lowest BCUT2D eigenvalue weighted by molar-refractivity contribution is -0.117. The van der Waals surface area contributed by atoms with Gasteiger partial charge in [-0.1, -0.05) is 0 Å². The number of hydrogen-bond acceptors (Lipinski definition) is 6. The van der Waals surface area contributed by atoms with Crippen molar-refractivity contribution in [1.29, 1.82) is 5.26 Å². The largest absolute Gasteiger partial charge is 0.465 e. The Labute approximate surface area is 137 Å².